The van der Waals surface area contributed by atoms with Crippen molar-refractivity contribution in [2.45, 2.75) is 31.7 Å². The second-order valence-corrected chi connectivity index (χ2v) is 8.02. The molecule has 0 radical (unpaired) electrons. The molecule has 2 aromatic heterocycles. The monoisotopic (exact) mass is 434 g/mol. The van der Waals surface area contributed by atoms with Crippen LogP contribution in [0.4, 0.5) is 14.5 Å². The van der Waals surface area contributed by atoms with Crippen molar-refractivity contribution in [1.82, 2.24) is 15.0 Å². The number of rotatable bonds is 4. The zero-order chi connectivity index (χ0) is 22.2. The molecule has 0 amide bonds. The Kier molecular flexibility index (Phi) is 5.13. The van der Waals surface area contributed by atoms with Crippen molar-refractivity contribution in [2.75, 3.05) is 11.4 Å². The molecular formula is C24H20F2N4O2. The number of carbonyl (C=O) groups is 1. The van der Waals surface area contributed by atoms with Crippen LogP contribution in [-0.4, -0.2) is 33.8 Å². The molecule has 0 aliphatic carbocycles. The van der Waals surface area contributed by atoms with E-state index in [2.05, 4.69) is 21.9 Å². The standard InChI is InChI=1S/C24H20F2N4O2/c1-14-3-4-15(24-29-19-10-17(25)5-6-21(19)32-24)12-30(14)20-11-18(26)9-16(13-31)22(20)23-27-7-2-8-28-23/h2,5-11,13-15H,3-4,12H2,1H3/t14-,15-/m1/s1. The van der Waals surface area contributed by atoms with Crippen LogP contribution in [0.3, 0.4) is 0 Å². The third kappa shape index (κ3) is 3.62. The molecule has 0 saturated carbocycles. The number of oxazole rings is 1. The lowest BCUT2D eigenvalue weighted by Gasteiger charge is -2.39. The zero-order valence-electron chi connectivity index (χ0n) is 17.3. The number of piperidine rings is 1. The quantitative estimate of drug-likeness (QED) is 0.414. The molecule has 2 aromatic carbocycles. The molecular weight excluding hydrogens is 414 g/mol. The Morgan fingerprint density at radius 2 is 1.91 bits per heavy atom. The Balaban J connectivity index is 1.57. The molecule has 1 saturated heterocycles. The number of hydrogen-bond donors (Lipinski definition) is 0. The van der Waals surface area contributed by atoms with Crippen LogP contribution in [0.15, 0.2) is 53.2 Å². The van der Waals surface area contributed by atoms with Gasteiger partial charge >= 0.3 is 0 Å². The Hall–Kier alpha value is -3.68. The Morgan fingerprint density at radius 3 is 2.69 bits per heavy atom. The molecule has 6 nitrogen and oxygen atoms in total. The van der Waals surface area contributed by atoms with Gasteiger partial charge in [0.05, 0.1) is 17.2 Å². The van der Waals surface area contributed by atoms with Crippen LogP contribution in [0.1, 0.15) is 41.9 Å². The average Bonchev–Trinajstić information content (AvgIpc) is 3.22. The molecule has 0 bridgehead atoms. The highest BCUT2D eigenvalue weighted by Gasteiger charge is 2.32. The summed E-state index contributed by atoms with van der Waals surface area (Å²) in [4.78, 5) is 26.9. The summed E-state index contributed by atoms with van der Waals surface area (Å²) >= 11 is 0. The fraction of sp³-hybridized carbons (Fsp3) is 0.250. The van der Waals surface area contributed by atoms with Crippen molar-refractivity contribution in [2.24, 2.45) is 0 Å². The van der Waals surface area contributed by atoms with Gasteiger partial charge in [0, 0.05) is 36.6 Å². The van der Waals surface area contributed by atoms with Gasteiger partial charge in [0.15, 0.2) is 23.6 Å². The number of benzene rings is 2. The van der Waals surface area contributed by atoms with Crippen molar-refractivity contribution in [1.29, 1.82) is 0 Å². The first-order valence-corrected chi connectivity index (χ1v) is 10.4. The van der Waals surface area contributed by atoms with Crippen LogP contribution in [0, 0.1) is 11.6 Å². The maximum absolute atomic E-state index is 14.5. The van der Waals surface area contributed by atoms with Crippen LogP contribution in [0.25, 0.3) is 22.5 Å². The van der Waals surface area contributed by atoms with Crippen LogP contribution in [0.2, 0.25) is 0 Å². The number of aromatic nitrogens is 3. The van der Waals surface area contributed by atoms with Crippen molar-refractivity contribution in [3.8, 4) is 11.4 Å². The van der Waals surface area contributed by atoms with Crippen molar-refractivity contribution in [3.05, 3.63) is 71.9 Å². The zero-order valence-corrected chi connectivity index (χ0v) is 17.3. The van der Waals surface area contributed by atoms with E-state index in [1.807, 2.05) is 4.90 Å². The molecule has 0 unspecified atom stereocenters. The maximum Gasteiger partial charge on any atom is 0.200 e. The molecule has 5 rings (SSSR count). The summed E-state index contributed by atoms with van der Waals surface area (Å²) in [6.07, 6.45) is 5.42. The number of anilines is 1. The van der Waals surface area contributed by atoms with Crippen LogP contribution < -0.4 is 4.90 Å². The van der Waals surface area contributed by atoms with Gasteiger partial charge in [-0.2, -0.15) is 0 Å². The van der Waals surface area contributed by atoms with Gasteiger partial charge in [0.25, 0.3) is 0 Å². The number of hydrogen-bond acceptors (Lipinski definition) is 6. The molecule has 2 atom stereocenters. The molecule has 8 heteroatoms. The highest BCUT2D eigenvalue weighted by atomic mass is 19.1. The third-order valence-electron chi connectivity index (χ3n) is 5.94. The topological polar surface area (TPSA) is 72.1 Å². The Labute approximate surface area is 182 Å². The predicted octanol–water partition coefficient (Wildman–Crippen LogP) is 5.15. The van der Waals surface area contributed by atoms with E-state index >= 15 is 0 Å². The van der Waals surface area contributed by atoms with Gasteiger partial charge in [0.2, 0.25) is 0 Å². The fourth-order valence-electron chi connectivity index (χ4n) is 4.34. The number of carbonyl (C=O) groups excluding carboxylic acids is 1. The van der Waals surface area contributed by atoms with E-state index in [9.17, 15) is 13.6 Å². The average molecular weight is 434 g/mol. The molecule has 0 N–H and O–H groups in total. The molecule has 3 heterocycles. The van der Waals surface area contributed by atoms with Crippen LogP contribution in [0.5, 0.6) is 0 Å². The normalized spacial score (nSPS) is 18.8. The SMILES string of the molecule is C[C@@H]1CC[C@@H](c2nc3cc(F)ccc3o2)CN1c1cc(F)cc(C=O)c1-c1ncccn1. The summed E-state index contributed by atoms with van der Waals surface area (Å²) in [5.74, 6) is -0.0734. The minimum atomic E-state index is -0.506. The van der Waals surface area contributed by atoms with Gasteiger partial charge in [-0.05, 0) is 50.1 Å². The summed E-state index contributed by atoms with van der Waals surface area (Å²) in [6, 6.07) is 8.63. The molecule has 1 aliphatic rings. The van der Waals surface area contributed by atoms with E-state index in [1.165, 1.54) is 24.3 Å². The van der Waals surface area contributed by atoms with E-state index in [1.54, 1.807) is 24.5 Å². The first-order chi connectivity index (χ1) is 15.5. The molecule has 1 fully saturated rings. The van der Waals surface area contributed by atoms with Crippen molar-refractivity contribution < 1.29 is 18.0 Å². The van der Waals surface area contributed by atoms with Crippen molar-refractivity contribution >= 4 is 23.1 Å². The first kappa shape index (κ1) is 20.2. The summed E-state index contributed by atoms with van der Waals surface area (Å²) in [7, 11) is 0. The van der Waals surface area contributed by atoms with Gasteiger partial charge in [0.1, 0.15) is 17.2 Å². The van der Waals surface area contributed by atoms with Gasteiger partial charge < -0.3 is 9.32 Å². The summed E-state index contributed by atoms with van der Waals surface area (Å²) in [5, 5.41) is 0. The van der Waals surface area contributed by atoms with Gasteiger partial charge in [-0.25, -0.2) is 23.7 Å². The largest absolute Gasteiger partial charge is 0.440 e. The second-order valence-electron chi connectivity index (χ2n) is 8.02. The first-order valence-electron chi connectivity index (χ1n) is 10.4. The number of aldehydes is 1. The van der Waals surface area contributed by atoms with Gasteiger partial charge in [-0.3, -0.25) is 4.79 Å². The predicted molar refractivity (Wildman–Crippen MR) is 116 cm³/mol. The fourth-order valence-corrected chi connectivity index (χ4v) is 4.34. The molecule has 4 aromatic rings. The van der Waals surface area contributed by atoms with Crippen LogP contribution in [-0.2, 0) is 0 Å². The number of nitrogens with zero attached hydrogens (tertiary/aromatic N) is 4. The van der Waals surface area contributed by atoms with Gasteiger partial charge in [-0.15, -0.1) is 0 Å². The lowest BCUT2D eigenvalue weighted by atomic mass is 9.91. The minimum Gasteiger partial charge on any atom is -0.440 e. The highest BCUT2D eigenvalue weighted by molar-refractivity contribution is 5.92. The van der Waals surface area contributed by atoms with Gasteiger partial charge in [-0.1, -0.05) is 0 Å². The lowest BCUT2D eigenvalue weighted by molar-refractivity contribution is 0.112. The third-order valence-corrected chi connectivity index (χ3v) is 5.94. The summed E-state index contributed by atoms with van der Waals surface area (Å²) in [6.45, 7) is 2.55. The minimum absolute atomic E-state index is 0.0749. The molecule has 0 spiro atoms. The Bertz CT molecular complexity index is 1290. The van der Waals surface area contributed by atoms with E-state index in [4.69, 9.17) is 4.42 Å². The van der Waals surface area contributed by atoms with E-state index in [0.717, 1.165) is 12.8 Å². The van der Waals surface area contributed by atoms with Crippen molar-refractivity contribution in [3.63, 3.8) is 0 Å². The number of fused-ring (bicyclic) bond motifs is 1. The molecule has 1 aliphatic heterocycles. The smallest absolute Gasteiger partial charge is 0.200 e. The van der Waals surface area contributed by atoms with E-state index < -0.39 is 5.82 Å². The molecule has 162 valence electrons. The maximum atomic E-state index is 14.5. The second kappa shape index (κ2) is 8.11. The van der Waals surface area contributed by atoms with Crippen LogP contribution >= 0.6 is 0 Å². The molecule has 32 heavy (non-hydrogen) atoms. The van der Waals surface area contributed by atoms with E-state index in [0.29, 0.717) is 46.9 Å². The van der Waals surface area contributed by atoms with E-state index in [-0.39, 0.29) is 23.3 Å². The lowest BCUT2D eigenvalue weighted by Crippen LogP contribution is -2.41. The Morgan fingerprint density at radius 1 is 1.09 bits per heavy atom. The summed E-state index contributed by atoms with van der Waals surface area (Å²) in [5.41, 5.74) is 2.24. The summed E-state index contributed by atoms with van der Waals surface area (Å²) < 4.78 is 34.0. The number of halogens is 2. The highest BCUT2D eigenvalue weighted by Crippen LogP contribution is 2.39.